The zero-order valence-electron chi connectivity index (χ0n) is 21.3. The number of fused-ring (bicyclic) bond motifs is 1. The van der Waals surface area contributed by atoms with Crippen LogP contribution in [0.5, 0.6) is 0 Å². The van der Waals surface area contributed by atoms with Crippen molar-refractivity contribution in [2.45, 2.75) is 25.4 Å². The van der Waals surface area contributed by atoms with Crippen LogP contribution in [0.3, 0.4) is 0 Å². The van der Waals surface area contributed by atoms with E-state index in [2.05, 4.69) is 32.0 Å². The number of halogens is 3. The van der Waals surface area contributed by atoms with Crippen LogP contribution >= 0.6 is 0 Å². The third-order valence-corrected chi connectivity index (χ3v) is 6.71. The molecular weight excluding hydrogens is 521 g/mol. The molecule has 12 heteroatoms. The molecule has 202 valence electrons. The number of amides is 1. The summed E-state index contributed by atoms with van der Waals surface area (Å²) in [6.45, 7) is 3.83. The molecule has 1 saturated heterocycles. The van der Waals surface area contributed by atoms with E-state index in [0.29, 0.717) is 24.3 Å². The molecule has 1 amide bonds. The molecular formula is C28H23F3N8O. The van der Waals surface area contributed by atoms with Crippen molar-refractivity contribution < 1.29 is 18.0 Å². The van der Waals surface area contributed by atoms with Crippen LogP contribution in [0.15, 0.2) is 48.8 Å². The molecule has 5 rings (SSSR count). The first-order valence-electron chi connectivity index (χ1n) is 12.3. The number of nitrogens with zero attached hydrogens (tertiary/aromatic N) is 6. The number of nitrogens with two attached hydrogens (primary N) is 1. The summed E-state index contributed by atoms with van der Waals surface area (Å²) >= 11 is 0. The van der Waals surface area contributed by atoms with E-state index in [4.69, 9.17) is 16.0 Å². The van der Waals surface area contributed by atoms with Crippen molar-refractivity contribution in [1.82, 2.24) is 24.3 Å². The van der Waals surface area contributed by atoms with Crippen LogP contribution in [-0.4, -0.2) is 49.8 Å². The molecule has 1 atom stereocenters. The van der Waals surface area contributed by atoms with E-state index in [1.54, 1.807) is 13.0 Å². The molecule has 9 nitrogen and oxygen atoms in total. The molecule has 3 aromatic heterocycles. The van der Waals surface area contributed by atoms with Crippen LogP contribution in [0, 0.1) is 23.2 Å². The number of anilines is 2. The quantitative estimate of drug-likeness (QED) is 0.358. The Morgan fingerprint density at radius 1 is 1.20 bits per heavy atom. The van der Waals surface area contributed by atoms with Crippen molar-refractivity contribution in [3.8, 4) is 29.3 Å². The Morgan fingerprint density at radius 2 is 2.00 bits per heavy atom. The Hall–Kier alpha value is -4.94. The van der Waals surface area contributed by atoms with Crippen LogP contribution in [-0.2, 0) is 6.18 Å². The molecule has 1 aliphatic rings. The summed E-state index contributed by atoms with van der Waals surface area (Å²) in [5.41, 5.74) is 6.09. The third-order valence-electron chi connectivity index (χ3n) is 6.71. The van der Waals surface area contributed by atoms with Gasteiger partial charge >= 0.3 is 6.18 Å². The summed E-state index contributed by atoms with van der Waals surface area (Å²) < 4.78 is 44.6. The molecule has 0 radical (unpaired) electrons. The lowest BCUT2D eigenvalue weighted by Crippen LogP contribution is -2.20. The minimum Gasteiger partial charge on any atom is -0.369 e. The van der Waals surface area contributed by atoms with E-state index in [-0.39, 0.29) is 40.2 Å². The summed E-state index contributed by atoms with van der Waals surface area (Å²) in [5, 5.41) is 11.5. The number of aromatic nitrogens is 4. The van der Waals surface area contributed by atoms with E-state index in [1.165, 1.54) is 41.1 Å². The van der Waals surface area contributed by atoms with Crippen molar-refractivity contribution in [2.75, 3.05) is 30.7 Å². The topological polar surface area (TPSA) is 125 Å². The van der Waals surface area contributed by atoms with Gasteiger partial charge in [0.05, 0.1) is 35.0 Å². The van der Waals surface area contributed by atoms with E-state index < -0.39 is 17.6 Å². The fourth-order valence-corrected chi connectivity index (χ4v) is 4.83. The number of hydrogen-bond acceptors (Lipinski definition) is 7. The second-order valence-electron chi connectivity index (χ2n) is 9.25. The molecule has 0 bridgehead atoms. The van der Waals surface area contributed by atoms with Crippen LogP contribution in [0.4, 0.5) is 24.9 Å². The summed E-state index contributed by atoms with van der Waals surface area (Å²) in [7, 11) is 0. The van der Waals surface area contributed by atoms with E-state index in [9.17, 15) is 18.0 Å². The first-order valence-corrected chi connectivity index (χ1v) is 12.3. The van der Waals surface area contributed by atoms with Crippen LogP contribution in [0.25, 0.3) is 16.9 Å². The lowest BCUT2D eigenvalue weighted by molar-refractivity contribution is -0.137. The number of nitrogens with one attached hydrogen (secondary N) is 1. The van der Waals surface area contributed by atoms with Crippen molar-refractivity contribution >= 4 is 23.2 Å². The number of hydrogen-bond donors (Lipinski definition) is 2. The molecule has 40 heavy (non-hydrogen) atoms. The summed E-state index contributed by atoms with van der Waals surface area (Å²) in [4.78, 5) is 27.7. The van der Waals surface area contributed by atoms with Gasteiger partial charge in [-0.3, -0.25) is 14.1 Å². The number of alkyl halides is 3. The lowest BCUT2D eigenvalue weighted by Gasteiger charge is -2.14. The van der Waals surface area contributed by atoms with Crippen molar-refractivity contribution in [1.29, 1.82) is 5.26 Å². The monoisotopic (exact) mass is 544 g/mol. The third kappa shape index (κ3) is 5.17. The number of pyridine rings is 1. The molecule has 4 aromatic rings. The fourth-order valence-electron chi connectivity index (χ4n) is 4.83. The molecule has 1 fully saturated rings. The van der Waals surface area contributed by atoms with Crippen LogP contribution < -0.4 is 11.1 Å². The molecule has 1 unspecified atom stereocenters. The molecule has 3 N–H and O–H groups in total. The van der Waals surface area contributed by atoms with Gasteiger partial charge in [0.15, 0.2) is 0 Å². The second-order valence-corrected chi connectivity index (χ2v) is 9.25. The SMILES string of the molecule is CC#CCN1CCC(c2nc(-c3ccc(C(=O)Nc4cc(C#N)ccn4)cc3C(F)(F)F)n3c(N)nccc23)C1. The highest BCUT2D eigenvalue weighted by molar-refractivity contribution is 6.04. The minimum atomic E-state index is -4.81. The standard InChI is InChI=1S/C28H23F3N8O/c1-2-3-11-38-12-8-19(16-38)24-22-7-10-35-27(33)39(22)25(37-24)20-5-4-18(14-21(20)28(29,30)31)26(40)36-23-13-17(15-32)6-9-34-23/h4-7,9-10,13-14,19H,8,11-12,16H2,1H3,(H2,33,35)(H,34,36,40). The normalized spacial score (nSPS) is 15.4. The van der Waals surface area contributed by atoms with Crippen molar-refractivity contribution in [2.24, 2.45) is 0 Å². The molecule has 4 heterocycles. The molecule has 1 aliphatic heterocycles. The van der Waals surface area contributed by atoms with Gasteiger partial charge in [-0.25, -0.2) is 15.0 Å². The molecule has 1 aromatic carbocycles. The number of nitriles is 1. The Morgan fingerprint density at radius 3 is 2.75 bits per heavy atom. The van der Waals surface area contributed by atoms with Crippen LogP contribution in [0.1, 0.15) is 46.4 Å². The number of imidazole rings is 1. The highest BCUT2D eigenvalue weighted by Gasteiger charge is 2.37. The Balaban J connectivity index is 1.56. The average molecular weight is 545 g/mol. The largest absolute Gasteiger partial charge is 0.417 e. The Kier molecular flexibility index (Phi) is 7.11. The van der Waals surface area contributed by atoms with Gasteiger partial charge < -0.3 is 11.1 Å². The number of nitrogen functional groups attached to an aromatic ring is 1. The zero-order valence-corrected chi connectivity index (χ0v) is 21.3. The lowest BCUT2D eigenvalue weighted by atomic mass is 10.0. The van der Waals surface area contributed by atoms with Crippen LogP contribution in [0.2, 0.25) is 0 Å². The van der Waals surface area contributed by atoms with E-state index >= 15 is 0 Å². The second kappa shape index (κ2) is 10.7. The summed E-state index contributed by atoms with van der Waals surface area (Å²) in [6, 6.07) is 9.63. The molecule has 0 saturated carbocycles. The predicted octanol–water partition coefficient (Wildman–Crippen LogP) is 4.33. The molecule has 0 aliphatic carbocycles. The predicted molar refractivity (Wildman–Crippen MR) is 142 cm³/mol. The Labute approximate surface area is 227 Å². The number of likely N-dealkylation sites (tertiary alicyclic amines) is 1. The van der Waals surface area contributed by atoms with Gasteiger partial charge in [-0.1, -0.05) is 5.92 Å². The van der Waals surface area contributed by atoms with Gasteiger partial charge in [-0.05, 0) is 56.3 Å². The van der Waals surface area contributed by atoms with Gasteiger partial charge in [0.2, 0.25) is 5.95 Å². The summed E-state index contributed by atoms with van der Waals surface area (Å²) in [5.74, 6) is 5.11. The van der Waals surface area contributed by atoms with Gasteiger partial charge in [-0.15, -0.1) is 5.92 Å². The maximum Gasteiger partial charge on any atom is 0.417 e. The highest BCUT2D eigenvalue weighted by atomic mass is 19.4. The Bertz CT molecular complexity index is 1710. The van der Waals surface area contributed by atoms with Gasteiger partial charge in [-0.2, -0.15) is 18.4 Å². The number of carbonyl (C=O) groups excluding carboxylic acids is 1. The zero-order chi connectivity index (χ0) is 28.4. The van der Waals surface area contributed by atoms with E-state index in [0.717, 1.165) is 19.0 Å². The van der Waals surface area contributed by atoms with Gasteiger partial charge in [0, 0.05) is 36.0 Å². The van der Waals surface area contributed by atoms with Crippen molar-refractivity contribution in [3.63, 3.8) is 0 Å². The summed E-state index contributed by atoms with van der Waals surface area (Å²) in [6.07, 6.45) is -1.22. The smallest absolute Gasteiger partial charge is 0.369 e. The van der Waals surface area contributed by atoms with E-state index in [1.807, 2.05) is 6.07 Å². The first-order chi connectivity index (χ1) is 19.2. The maximum atomic E-state index is 14.4. The number of carbonyl (C=O) groups is 1. The number of rotatable bonds is 5. The van der Waals surface area contributed by atoms with Gasteiger partial charge in [0.25, 0.3) is 5.91 Å². The first kappa shape index (κ1) is 26.7. The fraction of sp³-hybridized carbons (Fsp3) is 0.250. The minimum absolute atomic E-state index is 0.00338. The number of benzene rings is 1. The molecule has 0 spiro atoms. The highest BCUT2D eigenvalue weighted by Crippen LogP contribution is 2.40. The average Bonchev–Trinajstić information content (AvgIpc) is 3.56. The van der Waals surface area contributed by atoms with Crippen molar-refractivity contribution in [3.05, 3.63) is 71.2 Å². The van der Waals surface area contributed by atoms with Gasteiger partial charge in [0.1, 0.15) is 11.6 Å². The maximum absolute atomic E-state index is 14.4.